The van der Waals surface area contributed by atoms with Crippen LogP contribution in [-0.4, -0.2) is 29.4 Å². The van der Waals surface area contributed by atoms with Crippen molar-refractivity contribution in [3.63, 3.8) is 0 Å². The van der Waals surface area contributed by atoms with Gasteiger partial charge >= 0.3 is 6.09 Å². The molecule has 4 nitrogen and oxygen atoms in total. The zero-order valence-electron chi connectivity index (χ0n) is 6.12. The summed E-state index contributed by atoms with van der Waals surface area (Å²) in [5, 5.41) is 10.9. The highest BCUT2D eigenvalue weighted by Gasteiger charge is 2.44. The third-order valence-corrected chi connectivity index (χ3v) is 2.33. The van der Waals surface area contributed by atoms with Crippen molar-refractivity contribution in [1.29, 1.82) is 0 Å². The predicted octanol–water partition coefficient (Wildman–Crippen LogP) is 0.574. The van der Waals surface area contributed by atoms with Gasteiger partial charge in [0, 0.05) is 6.04 Å². The Hall–Kier alpha value is -0.770. The molecule has 4 heteroatoms. The van der Waals surface area contributed by atoms with Gasteiger partial charge in [-0.25, -0.2) is 4.79 Å². The third kappa shape index (κ3) is 1.45. The molecule has 0 aromatic heterocycles. The van der Waals surface area contributed by atoms with Crippen molar-refractivity contribution in [2.24, 2.45) is 0 Å². The van der Waals surface area contributed by atoms with Gasteiger partial charge in [0.05, 0.1) is 12.2 Å². The topological polar surface area (TPSA) is 61.9 Å². The molecular weight excluding hydrogens is 146 g/mol. The molecule has 0 radical (unpaired) electrons. The fourth-order valence-electron chi connectivity index (χ4n) is 1.71. The lowest BCUT2D eigenvalue weighted by Gasteiger charge is -2.17. The van der Waals surface area contributed by atoms with Gasteiger partial charge < -0.3 is 15.2 Å². The van der Waals surface area contributed by atoms with Crippen LogP contribution < -0.4 is 5.32 Å². The molecule has 0 aromatic carbocycles. The van der Waals surface area contributed by atoms with Gasteiger partial charge in [-0.15, -0.1) is 0 Å². The molecule has 0 spiro atoms. The molecule has 2 fully saturated rings. The maximum Gasteiger partial charge on any atom is 0.404 e. The lowest BCUT2D eigenvalue weighted by molar-refractivity contribution is 0.187. The molecule has 1 saturated heterocycles. The van der Waals surface area contributed by atoms with Crippen molar-refractivity contribution >= 4 is 6.09 Å². The molecule has 2 N–H and O–H groups in total. The van der Waals surface area contributed by atoms with Gasteiger partial charge in [-0.05, 0) is 19.3 Å². The van der Waals surface area contributed by atoms with E-state index in [2.05, 4.69) is 5.32 Å². The zero-order valence-corrected chi connectivity index (χ0v) is 6.12. The highest BCUT2D eigenvalue weighted by atomic mass is 16.6. The van der Waals surface area contributed by atoms with Gasteiger partial charge in [-0.1, -0.05) is 0 Å². The van der Waals surface area contributed by atoms with Crippen LogP contribution >= 0.6 is 0 Å². The predicted molar refractivity (Wildman–Crippen MR) is 37.5 cm³/mol. The number of epoxide rings is 1. The van der Waals surface area contributed by atoms with Crippen LogP contribution in [0.2, 0.25) is 0 Å². The minimum absolute atomic E-state index is 0.122. The maximum atomic E-state index is 10.2. The molecule has 62 valence electrons. The Balaban J connectivity index is 1.81. The van der Waals surface area contributed by atoms with Gasteiger partial charge in [-0.2, -0.15) is 0 Å². The van der Waals surface area contributed by atoms with Crippen LogP contribution in [0, 0.1) is 0 Å². The van der Waals surface area contributed by atoms with Gasteiger partial charge in [-0.3, -0.25) is 0 Å². The van der Waals surface area contributed by atoms with Crippen molar-refractivity contribution in [3.05, 3.63) is 0 Å². The Morgan fingerprint density at radius 3 is 2.91 bits per heavy atom. The van der Waals surface area contributed by atoms with E-state index in [9.17, 15) is 4.79 Å². The second kappa shape index (κ2) is 2.37. The van der Waals surface area contributed by atoms with E-state index in [1.807, 2.05) is 0 Å². The summed E-state index contributed by atoms with van der Waals surface area (Å²) in [6.07, 6.45) is 2.66. The molecule has 1 heterocycles. The molecule has 2 aliphatic rings. The SMILES string of the molecule is O=C(O)N[C@H]1CC[C@H]2OC2C1. The molecular formula is C7H11NO3. The summed E-state index contributed by atoms with van der Waals surface area (Å²) >= 11 is 0. The van der Waals surface area contributed by atoms with Crippen molar-refractivity contribution in [1.82, 2.24) is 5.32 Å². The standard InChI is InChI=1S/C7H11NO3/c9-7(10)8-4-1-2-5-6(3-4)11-5/h4-6,8H,1-3H2,(H,9,10)/t4-,5+,6?/m0/s1. The van der Waals surface area contributed by atoms with E-state index in [4.69, 9.17) is 9.84 Å². The van der Waals surface area contributed by atoms with E-state index in [0.717, 1.165) is 19.3 Å². The molecule has 11 heavy (non-hydrogen) atoms. The summed E-state index contributed by atoms with van der Waals surface area (Å²) in [5.41, 5.74) is 0. The van der Waals surface area contributed by atoms with Crippen molar-refractivity contribution in [2.45, 2.75) is 37.5 Å². The van der Waals surface area contributed by atoms with Crippen LogP contribution in [0.1, 0.15) is 19.3 Å². The molecule has 1 unspecified atom stereocenters. The minimum atomic E-state index is -0.922. The number of carbonyl (C=O) groups is 1. The molecule has 1 saturated carbocycles. The Bertz CT molecular complexity index is 183. The van der Waals surface area contributed by atoms with Crippen LogP contribution in [0.5, 0.6) is 0 Å². The number of carboxylic acid groups (broad SMARTS) is 1. The molecule has 0 aromatic rings. The van der Waals surface area contributed by atoms with E-state index in [1.165, 1.54) is 0 Å². The summed E-state index contributed by atoms with van der Waals surface area (Å²) in [7, 11) is 0. The molecule has 1 aliphatic carbocycles. The molecule has 1 amide bonds. The minimum Gasteiger partial charge on any atom is -0.465 e. The second-order valence-electron chi connectivity index (χ2n) is 3.17. The van der Waals surface area contributed by atoms with Crippen LogP contribution in [0.15, 0.2) is 0 Å². The first-order valence-corrected chi connectivity index (χ1v) is 3.90. The van der Waals surface area contributed by atoms with Crippen LogP contribution in [0.4, 0.5) is 4.79 Å². The number of fused-ring (bicyclic) bond motifs is 1. The fraction of sp³-hybridized carbons (Fsp3) is 0.857. The molecule has 3 atom stereocenters. The third-order valence-electron chi connectivity index (χ3n) is 2.33. The number of ether oxygens (including phenoxy) is 1. The maximum absolute atomic E-state index is 10.2. The quantitative estimate of drug-likeness (QED) is 0.547. The highest BCUT2D eigenvalue weighted by molar-refractivity contribution is 5.64. The van der Waals surface area contributed by atoms with E-state index < -0.39 is 6.09 Å². The summed E-state index contributed by atoms with van der Waals surface area (Å²) in [4.78, 5) is 10.2. The number of rotatable bonds is 1. The van der Waals surface area contributed by atoms with Crippen LogP contribution in [0.25, 0.3) is 0 Å². The summed E-state index contributed by atoms with van der Waals surface area (Å²) < 4.78 is 5.26. The first-order chi connectivity index (χ1) is 5.25. The Labute approximate surface area is 64.5 Å². The number of hydrogen-bond acceptors (Lipinski definition) is 2. The average molecular weight is 157 g/mol. The lowest BCUT2D eigenvalue weighted by Crippen LogP contribution is -2.37. The van der Waals surface area contributed by atoms with Gasteiger partial charge in [0.15, 0.2) is 0 Å². The molecule has 0 bridgehead atoms. The zero-order chi connectivity index (χ0) is 7.84. The van der Waals surface area contributed by atoms with Crippen LogP contribution in [0.3, 0.4) is 0 Å². The Morgan fingerprint density at radius 2 is 2.27 bits per heavy atom. The summed E-state index contributed by atoms with van der Waals surface area (Å²) in [6, 6.07) is 0.122. The Morgan fingerprint density at radius 1 is 1.45 bits per heavy atom. The number of amides is 1. The Kier molecular flexibility index (Phi) is 1.49. The molecule has 2 rings (SSSR count). The van der Waals surface area contributed by atoms with E-state index in [-0.39, 0.29) is 6.04 Å². The normalized spacial score (nSPS) is 40.9. The van der Waals surface area contributed by atoms with Gasteiger partial charge in [0.25, 0.3) is 0 Å². The first-order valence-electron chi connectivity index (χ1n) is 3.90. The number of hydrogen-bond donors (Lipinski definition) is 2. The van der Waals surface area contributed by atoms with Crippen molar-refractivity contribution in [2.75, 3.05) is 0 Å². The average Bonchev–Trinajstić information content (AvgIpc) is 2.63. The van der Waals surface area contributed by atoms with Crippen LogP contribution in [-0.2, 0) is 4.74 Å². The highest BCUT2D eigenvalue weighted by Crippen LogP contribution is 2.36. The van der Waals surface area contributed by atoms with Crippen molar-refractivity contribution in [3.8, 4) is 0 Å². The second-order valence-corrected chi connectivity index (χ2v) is 3.17. The monoisotopic (exact) mass is 157 g/mol. The lowest BCUT2D eigenvalue weighted by atomic mass is 9.96. The van der Waals surface area contributed by atoms with Gasteiger partial charge in [0.1, 0.15) is 0 Å². The van der Waals surface area contributed by atoms with Crippen molar-refractivity contribution < 1.29 is 14.6 Å². The number of nitrogens with one attached hydrogen (secondary N) is 1. The molecule has 1 aliphatic heterocycles. The van der Waals surface area contributed by atoms with E-state index in [0.29, 0.717) is 12.2 Å². The van der Waals surface area contributed by atoms with E-state index >= 15 is 0 Å². The smallest absolute Gasteiger partial charge is 0.404 e. The fourth-order valence-corrected chi connectivity index (χ4v) is 1.71. The largest absolute Gasteiger partial charge is 0.465 e. The summed E-state index contributed by atoms with van der Waals surface area (Å²) in [5.74, 6) is 0. The first kappa shape index (κ1) is 6.91. The summed E-state index contributed by atoms with van der Waals surface area (Å²) in [6.45, 7) is 0. The van der Waals surface area contributed by atoms with E-state index in [1.54, 1.807) is 0 Å². The van der Waals surface area contributed by atoms with Gasteiger partial charge in [0.2, 0.25) is 0 Å².